The standard InChI is InChI=1S/C10H13F3N2O/c1-6-3-7(2)15-4-8(6)9(16,5-14)10(11,12)13/h3-4,16H,5,14H2,1-2H3. The molecule has 0 saturated carbocycles. The number of aromatic nitrogens is 1. The van der Waals surface area contributed by atoms with E-state index in [4.69, 9.17) is 5.73 Å². The Hall–Kier alpha value is -1.14. The zero-order valence-corrected chi connectivity index (χ0v) is 8.97. The molecule has 0 spiro atoms. The maximum absolute atomic E-state index is 12.7. The van der Waals surface area contributed by atoms with Crippen LogP contribution in [0, 0.1) is 13.8 Å². The van der Waals surface area contributed by atoms with E-state index in [9.17, 15) is 18.3 Å². The van der Waals surface area contributed by atoms with Crippen molar-refractivity contribution in [2.24, 2.45) is 5.73 Å². The average Bonchev–Trinajstić information content (AvgIpc) is 2.15. The molecule has 0 radical (unpaired) electrons. The van der Waals surface area contributed by atoms with Gasteiger partial charge in [-0.15, -0.1) is 0 Å². The summed E-state index contributed by atoms with van der Waals surface area (Å²) in [6.07, 6.45) is -3.80. The molecule has 1 rings (SSSR count). The van der Waals surface area contributed by atoms with E-state index in [0.717, 1.165) is 6.20 Å². The molecule has 1 aromatic heterocycles. The van der Waals surface area contributed by atoms with Gasteiger partial charge in [-0.3, -0.25) is 4.98 Å². The predicted octanol–water partition coefficient (Wildman–Crippen LogP) is 1.41. The molecule has 1 heterocycles. The maximum Gasteiger partial charge on any atom is 0.422 e. The molecule has 1 unspecified atom stereocenters. The number of nitrogens with zero attached hydrogens (tertiary/aromatic N) is 1. The summed E-state index contributed by atoms with van der Waals surface area (Å²) >= 11 is 0. The van der Waals surface area contributed by atoms with E-state index in [2.05, 4.69) is 4.98 Å². The molecule has 1 aromatic rings. The van der Waals surface area contributed by atoms with E-state index < -0.39 is 18.3 Å². The number of hydrogen-bond acceptors (Lipinski definition) is 3. The van der Waals surface area contributed by atoms with Crippen molar-refractivity contribution < 1.29 is 18.3 Å². The van der Waals surface area contributed by atoms with Crippen LogP contribution in [0.15, 0.2) is 12.3 Å². The molecule has 0 amide bonds. The minimum atomic E-state index is -4.82. The SMILES string of the molecule is Cc1cc(C)c(C(O)(CN)C(F)(F)F)cn1. The van der Waals surface area contributed by atoms with Crippen LogP contribution < -0.4 is 5.73 Å². The van der Waals surface area contributed by atoms with E-state index in [-0.39, 0.29) is 5.56 Å². The Morgan fingerprint density at radius 1 is 1.38 bits per heavy atom. The normalized spacial score (nSPS) is 15.9. The van der Waals surface area contributed by atoms with E-state index in [0.29, 0.717) is 11.3 Å². The van der Waals surface area contributed by atoms with Crippen LogP contribution in [0.4, 0.5) is 13.2 Å². The number of aryl methyl sites for hydroxylation is 2. The molecule has 16 heavy (non-hydrogen) atoms. The zero-order chi connectivity index (χ0) is 12.6. The number of nitrogens with two attached hydrogens (primary N) is 1. The Balaban J connectivity index is 3.34. The monoisotopic (exact) mass is 234 g/mol. The van der Waals surface area contributed by atoms with Gasteiger partial charge < -0.3 is 10.8 Å². The molecular weight excluding hydrogens is 221 g/mol. The second-order valence-electron chi connectivity index (χ2n) is 3.70. The van der Waals surface area contributed by atoms with Crippen LogP contribution in [-0.4, -0.2) is 22.8 Å². The number of halogens is 3. The highest BCUT2D eigenvalue weighted by molar-refractivity contribution is 5.32. The molecule has 6 heteroatoms. The summed E-state index contributed by atoms with van der Waals surface area (Å²) in [5.74, 6) is 0. The molecule has 0 bridgehead atoms. The molecule has 0 aliphatic carbocycles. The Morgan fingerprint density at radius 3 is 2.31 bits per heavy atom. The summed E-state index contributed by atoms with van der Waals surface area (Å²) in [6, 6.07) is 1.47. The summed E-state index contributed by atoms with van der Waals surface area (Å²) in [5, 5.41) is 9.61. The van der Waals surface area contributed by atoms with E-state index in [1.165, 1.54) is 13.0 Å². The van der Waals surface area contributed by atoms with Crippen LogP contribution in [0.2, 0.25) is 0 Å². The molecule has 0 aliphatic rings. The molecule has 0 saturated heterocycles. The van der Waals surface area contributed by atoms with Gasteiger partial charge in [-0.2, -0.15) is 13.2 Å². The largest absolute Gasteiger partial charge is 0.422 e. The van der Waals surface area contributed by atoms with E-state index in [1.54, 1.807) is 6.92 Å². The van der Waals surface area contributed by atoms with Gasteiger partial charge in [0.05, 0.1) is 0 Å². The molecule has 1 atom stereocenters. The van der Waals surface area contributed by atoms with Gasteiger partial charge >= 0.3 is 6.18 Å². The Morgan fingerprint density at radius 2 is 1.94 bits per heavy atom. The van der Waals surface area contributed by atoms with E-state index >= 15 is 0 Å². The maximum atomic E-state index is 12.7. The second-order valence-corrected chi connectivity index (χ2v) is 3.70. The molecule has 3 nitrogen and oxygen atoms in total. The number of aliphatic hydroxyl groups is 1. The van der Waals surface area contributed by atoms with Crippen molar-refractivity contribution in [2.75, 3.05) is 6.54 Å². The summed E-state index contributed by atoms with van der Waals surface area (Å²) < 4.78 is 38.1. The molecule has 0 aliphatic heterocycles. The van der Waals surface area contributed by atoms with Crippen molar-refractivity contribution in [3.63, 3.8) is 0 Å². The van der Waals surface area contributed by atoms with Gasteiger partial charge in [0.1, 0.15) is 0 Å². The first-order valence-corrected chi connectivity index (χ1v) is 4.65. The average molecular weight is 234 g/mol. The lowest BCUT2D eigenvalue weighted by atomic mass is 9.91. The smallest absolute Gasteiger partial charge is 0.375 e. The Kier molecular flexibility index (Phi) is 3.25. The van der Waals surface area contributed by atoms with Crippen LogP contribution in [0.1, 0.15) is 16.8 Å². The highest BCUT2D eigenvalue weighted by Crippen LogP contribution is 2.39. The Labute approximate surface area is 91.1 Å². The highest BCUT2D eigenvalue weighted by atomic mass is 19.4. The molecule has 0 fully saturated rings. The van der Waals surface area contributed by atoms with Crippen LogP contribution >= 0.6 is 0 Å². The van der Waals surface area contributed by atoms with Crippen LogP contribution in [0.25, 0.3) is 0 Å². The van der Waals surface area contributed by atoms with Crippen molar-refractivity contribution in [1.29, 1.82) is 0 Å². The van der Waals surface area contributed by atoms with E-state index in [1.807, 2.05) is 0 Å². The third-order valence-electron chi connectivity index (χ3n) is 2.46. The van der Waals surface area contributed by atoms with Gasteiger partial charge in [0.15, 0.2) is 5.60 Å². The van der Waals surface area contributed by atoms with Gasteiger partial charge in [0.2, 0.25) is 0 Å². The van der Waals surface area contributed by atoms with Gasteiger partial charge in [-0.05, 0) is 25.5 Å². The van der Waals surface area contributed by atoms with Gasteiger partial charge in [0, 0.05) is 24.0 Å². The fraction of sp³-hybridized carbons (Fsp3) is 0.500. The van der Waals surface area contributed by atoms with Gasteiger partial charge in [-0.25, -0.2) is 0 Å². The van der Waals surface area contributed by atoms with Gasteiger partial charge in [-0.1, -0.05) is 0 Å². The van der Waals surface area contributed by atoms with Crippen molar-refractivity contribution in [1.82, 2.24) is 4.98 Å². The fourth-order valence-electron chi connectivity index (χ4n) is 1.51. The van der Waals surface area contributed by atoms with Gasteiger partial charge in [0.25, 0.3) is 0 Å². The molecular formula is C10H13F3N2O. The van der Waals surface area contributed by atoms with Crippen molar-refractivity contribution in [3.8, 4) is 0 Å². The topological polar surface area (TPSA) is 59.1 Å². The van der Waals surface area contributed by atoms with Crippen molar-refractivity contribution in [2.45, 2.75) is 25.6 Å². The predicted molar refractivity (Wildman–Crippen MR) is 52.7 cm³/mol. The minimum Gasteiger partial charge on any atom is -0.375 e. The quantitative estimate of drug-likeness (QED) is 0.813. The number of rotatable bonds is 2. The number of hydrogen-bond donors (Lipinski definition) is 2. The Bertz CT molecular complexity index is 392. The molecule has 3 N–H and O–H groups in total. The number of pyridine rings is 1. The summed E-state index contributed by atoms with van der Waals surface area (Å²) in [4.78, 5) is 3.75. The first-order valence-electron chi connectivity index (χ1n) is 4.65. The molecule has 0 aromatic carbocycles. The first kappa shape index (κ1) is 12.9. The lowest BCUT2D eigenvalue weighted by Crippen LogP contribution is -2.48. The summed E-state index contributed by atoms with van der Waals surface area (Å²) in [6.45, 7) is 2.21. The third-order valence-corrected chi connectivity index (χ3v) is 2.46. The fourth-order valence-corrected chi connectivity index (χ4v) is 1.51. The zero-order valence-electron chi connectivity index (χ0n) is 8.97. The molecule has 90 valence electrons. The third kappa shape index (κ3) is 2.03. The summed E-state index contributed by atoms with van der Waals surface area (Å²) in [7, 11) is 0. The lowest BCUT2D eigenvalue weighted by molar-refractivity contribution is -0.262. The van der Waals surface area contributed by atoms with Crippen LogP contribution in [-0.2, 0) is 5.60 Å². The highest BCUT2D eigenvalue weighted by Gasteiger charge is 2.54. The second kappa shape index (κ2) is 4.03. The number of alkyl halides is 3. The minimum absolute atomic E-state index is 0.298. The first-order chi connectivity index (χ1) is 7.22. The van der Waals surface area contributed by atoms with Crippen molar-refractivity contribution >= 4 is 0 Å². The van der Waals surface area contributed by atoms with Crippen LogP contribution in [0.5, 0.6) is 0 Å². The summed E-state index contributed by atoms with van der Waals surface area (Å²) in [5.41, 5.74) is 2.61. The van der Waals surface area contributed by atoms with Crippen molar-refractivity contribution in [3.05, 3.63) is 29.1 Å². The lowest BCUT2D eigenvalue weighted by Gasteiger charge is -2.30. The van der Waals surface area contributed by atoms with Crippen LogP contribution in [0.3, 0.4) is 0 Å².